The van der Waals surface area contributed by atoms with Crippen LogP contribution in [0.3, 0.4) is 0 Å². The molecule has 20 heavy (non-hydrogen) atoms. The molecule has 3 rings (SSSR count). The van der Waals surface area contributed by atoms with Gasteiger partial charge >= 0.3 is 0 Å². The van der Waals surface area contributed by atoms with E-state index >= 15 is 0 Å². The maximum Gasteiger partial charge on any atom is 0.146 e. The standard InChI is InChI=1S/C15H13FN4/c16-14-9-18-6-5-12(14)15(20-17)13-8-19-7-10-3-1-2-4-11(10)13/h1-9,15,20H,17H2. The van der Waals surface area contributed by atoms with Crippen LogP contribution in [0.2, 0.25) is 0 Å². The van der Waals surface area contributed by atoms with Gasteiger partial charge in [-0.05, 0) is 11.5 Å². The Kier molecular flexibility index (Phi) is 3.37. The monoisotopic (exact) mass is 268 g/mol. The summed E-state index contributed by atoms with van der Waals surface area (Å²) in [7, 11) is 0. The molecule has 0 fully saturated rings. The van der Waals surface area contributed by atoms with E-state index in [0.717, 1.165) is 16.3 Å². The van der Waals surface area contributed by atoms with E-state index in [2.05, 4.69) is 15.4 Å². The second kappa shape index (κ2) is 5.32. The summed E-state index contributed by atoms with van der Waals surface area (Å²) < 4.78 is 13.9. The number of nitrogens with two attached hydrogens (primary N) is 1. The third-order valence-corrected chi connectivity index (χ3v) is 3.29. The van der Waals surface area contributed by atoms with Crippen molar-refractivity contribution in [1.82, 2.24) is 15.4 Å². The number of fused-ring (bicyclic) bond motifs is 1. The molecule has 2 aromatic heterocycles. The van der Waals surface area contributed by atoms with Gasteiger partial charge in [0.2, 0.25) is 0 Å². The first-order chi connectivity index (χ1) is 9.81. The smallest absolute Gasteiger partial charge is 0.146 e. The van der Waals surface area contributed by atoms with Crippen LogP contribution in [-0.4, -0.2) is 9.97 Å². The lowest BCUT2D eigenvalue weighted by Gasteiger charge is -2.18. The number of benzene rings is 1. The average molecular weight is 268 g/mol. The van der Waals surface area contributed by atoms with Gasteiger partial charge in [-0.15, -0.1) is 0 Å². The molecule has 0 amide bonds. The Bertz CT molecular complexity index is 739. The summed E-state index contributed by atoms with van der Waals surface area (Å²) in [6, 6.07) is 8.94. The van der Waals surface area contributed by atoms with E-state index in [1.54, 1.807) is 24.7 Å². The van der Waals surface area contributed by atoms with Crippen LogP contribution in [0.5, 0.6) is 0 Å². The molecule has 3 N–H and O–H groups in total. The molecule has 4 nitrogen and oxygen atoms in total. The molecule has 1 aromatic carbocycles. The van der Waals surface area contributed by atoms with Crippen molar-refractivity contribution in [2.24, 2.45) is 5.84 Å². The number of nitrogens with one attached hydrogen (secondary N) is 1. The summed E-state index contributed by atoms with van der Waals surface area (Å²) in [5.74, 6) is 5.23. The van der Waals surface area contributed by atoms with Crippen molar-refractivity contribution in [3.63, 3.8) is 0 Å². The third-order valence-electron chi connectivity index (χ3n) is 3.29. The zero-order valence-electron chi connectivity index (χ0n) is 10.6. The lowest BCUT2D eigenvalue weighted by atomic mass is 9.96. The third kappa shape index (κ3) is 2.13. The molecular formula is C15H13FN4. The second-order valence-electron chi connectivity index (χ2n) is 4.45. The van der Waals surface area contributed by atoms with Crippen molar-refractivity contribution < 1.29 is 4.39 Å². The molecule has 0 spiro atoms. The molecule has 0 saturated carbocycles. The molecule has 1 atom stereocenters. The van der Waals surface area contributed by atoms with E-state index in [9.17, 15) is 4.39 Å². The molecule has 1 unspecified atom stereocenters. The zero-order chi connectivity index (χ0) is 13.9. The molecule has 0 aliphatic heterocycles. The fourth-order valence-electron chi connectivity index (χ4n) is 2.34. The van der Waals surface area contributed by atoms with E-state index in [0.29, 0.717) is 5.56 Å². The van der Waals surface area contributed by atoms with Crippen LogP contribution in [0.15, 0.2) is 55.1 Å². The minimum Gasteiger partial charge on any atom is -0.271 e. The van der Waals surface area contributed by atoms with E-state index in [4.69, 9.17) is 5.84 Å². The van der Waals surface area contributed by atoms with Crippen molar-refractivity contribution in [2.45, 2.75) is 6.04 Å². The Morgan fingerprint density at radius 3 is 2.65 bits per heavy atom. The van der Waals surface area contributed by atoms with Gasteiger partial charge in [-0.25, -0.2) is 9.82 Å². The van der Waals surface area contributed by atoms with Crippen LogP contribution in [0.25, 0.3) is 10.8 Å². The molecule has 5 heteroatoms. The number of hydrogen-bond acceptors (Lipinski definition) is 4. The maximum atomic E-state index is 13.9. The molecule has 0 aliphatic carbocycles. The van der Waals surface area contributed by atoms with E-state index < -0.39 is 11.9 Å². The minimum absolute atomic E-state index is 0.400. The molecule has 3 aromatic rings. The van der Waals surface area contributed by atoms with Crippen LogP contribution in [0.4, 0.5) is 4.39 Å². The molecule has 0 aliphatic rings. The van der Waals surface area contributed by atoms with Gasteiger partial charge in [0.1, 0.15) is 5.82 Å². The van der Waals surface area contributed by atoms with Crippen molar-refractivity contribution in [3.05, 3.63) is 72.1 Å². The fourth-order valence-corrected chi connectivity index (χ4v) is 2.34. The Labute approximate surface area is 115 Å². The number of aromatic nitrogens is 2. The topological polar surface area (TPSA) is 63.8 Å². The summed E-state index contributed by atoms with van der Waals surface area (Å²) in [5.41, 5.74) is 3.93. The zero-order valence-corrected chi connectivity index (χ0v) is 10.6. The highest BCUT2D eigenvalue weighted by molar-refractivity contribution is 5.85. The van der Waals surface area contributed by atoms with Crippen LogP contribution in [0.1, 0.15) is 17.2 Å². The van der Waals surface area contributed by atoms with Crippen molar-refractivity contribution >= 4 is 10.8 Å². The summed E-state index contributed by atoms with van der Waals surface area (Å²) >= 11 is 0. The van der Waals surface area contributed by atoms with Gasteiger partial charge in [0.15, 0.2) is 0 Å². The summed E-state index contributed by atoms with van der Waals surface area (Å²) in [6.07, 6.45) is 6.20. The summed E-state index contributed by atoms with van der Waals surface area (Å²) in [6.45, 7) is 0. The first kappa shape index (κ1) is 12.7. The average Bonchev–Trinajstić information content (AvgIpc) is 2.50. The van der Waals surface area contributed by atoms with Crippen LogP contribution in [-0.2, 0) is 0 Å². The SMILES string of the molecule is NNC(c1ccncc1F)c1cncc2ccccc12. The quantitative estimate of drug-likeness (QED) is 0.565. The lowest BCUT2D eigenvalue weighted by Crippen LogP contribution is -2.29. The number of hydrazine groups is 1. The number of hydrogen-bond donors (Lipinski definition) is 2. The number of halogens is 1. The Morgan fingerprint density at radius 2 is 1.85 bits per heavy atom. The molecule has 100 valence electrons. The molecule has 0 radical (unpaired) electrons. The number of rotatable bonds is 3. The summed E-state index contributed by atoms with van der Waals surface area (Å²) in [5, 5.41) is 1.97. The molecular weight excluding hydrogens is 255 g/mol. The predicted molar refractivity (Wildman–Crippen MR) is 75.1 cm³/mol. The van der Waals surface area contributed by atoms with Gasteiger partial charge in [0, 0.05) is 35.1 Å². The van der Waals surface area contributed by atoms with Crippen LogP contribution < -0.4 is 11.3 Å². The molecule has 2 heterocycles. The second-order valence-corrected chi connectivity index (χ2v) is 4.45. The van der Waals surface area contributed by atoms with Gasteiger partial charge in [0.25, 0.3) is 0 Å². The first-order valence-corrected chi connectivity index (χ1v) is 6.19. The van der Waals surface area contributed by atoms with Crippen molar-refractivity contribution in [1.29, 1.82) is 0 Å². The Hall–Kier alpha value is -2.37. The highest BCUT2D eigenvalue weighted by Crippen LogP contribution is 2.28. The highest BCUT2D eigenvalue weighted by Gasteiger charge is 2.18. The van der Waals surface area contributed by atoms with Crippen molar-refractivity contribution in [2.75, 3.05) is 0 Å². The summed E-state index contributed by atoms with van der Waals surface area (Å²) in [4.78, 5) is 7.96. The van der Waals surface area contributed by atoms with E-state index in [-0.39, 0.29) is 0 Å². The number of nitrogens with zero attached hydrogens (tertiary/aromatic N) is 2. The van der Waals surface area contributed by atoms with E-state index in [1.807, 2.05) is 24.3 Å². The minimum atomic E-state index is -0.475. The molecule has 0 bridgehead atoms. The number of pyridine rings is 2. The van der Waals surface area contributed by atoms with E-state index in [1.165, 1.54) is 6.20 Å². The predicted octanol–water partition coefficient (Wildman–Crippen LogP) is 2.32. The van der Waals surface area contributed by atoms with Gasteiger partial charge in [-0.2, -0.15) is 0 Å². The maximum absolute atomic E-state index is 13.9. The first-order valence-electron chi connectivity index (χ1n) is 6.19. The van der Waals surface area contributed by atoms with Gasteiger partial charge < -0.3 is 0 Å². The van der Waals surface area contributed by atoms with Gasteiger partial charge in [0.05, 0.1) is 12.2 Å². The fraction of sp³-hybridized carbons (Fsp3) is 0.0667. The van der Waals surface area contributed by atoms with Crippen molar-refractivity contribution in [3.8, 4) is 0 Å². The normalized spacial score (nSPS) is 12.5. The van der Waals surface area contributed by atoms with Crippen LogP contribution in [0, 0.1) is 5.82 Å². The Morgan fingerprint density at radius 1 is 1.00 bits per heavy atom. The largest absolute Gasteiger partial charge is 0.271 e. The lowest BCUT2D eigenvalue weighted by molar-refractivity contribution is 0.556. The van der Waals surface area contributed by atoms with Gasteiger partial charge in [-0.3, -0.25) is 15.8 Å². The van der Waals surface area contributed by atoms with Crippen LogP contribution >= 0.6 is 0 Å². The van der Waals surface area contributed by atoms with Gasteiger partial charge in [-0.1, -0.05) is 24.3 Å². The Balaban J connectivity index is 2.20. The highest BCUT2D eigenvalue weighted by atomic mass is 19.1. The molecule has 0 saturated heterocycles.